The van der Waals surface area contributed by atoms with Crippen molar-refractivity contribution in [3.63, 3.8) is 0 Å². The Balaban J connectivity index is 1.77. The lowest BCUT2D eigenvalue weighted by Gasteiger charge is -2.40. The number of carbonyl (C=O) groups excluding carboxylic acids is 1. The summed E-state index contributed by atoms with van der Waals surface area (Å²) < 4.78 is 57.9. The summed E-state index contributed by atoms with van der Waals surface area (Å²) in [4.78, 5) is 17.6. The Kier molecular flexibility index (Phi) is 5.62. The maximum absolute atomic E-state index is 14.1. The fraction of sp³-hybridized carbons (Fsp3) is 0.833. The highest BCUT2D eigenvalue weighted by Crippen LogP contribution is 2.47. The predicted octanol–water partition coefficient (Wildman–Crippen LogP) is 3.79. The molecule has 3 heterocycles. The highest BCUT2D eigenvalue weighted by Gasteiger charge is 2.60. The van der Waals surface area contributed by atoms with Gasteiger partial charge in [0.2, 0.25) is 5.89 Å². The summed E-state index contributed by atoms with van der Waals surface area (Å²) in [7, 11) is 0. The van der Waals surface area contributed by atoms with E-state index in [1.807, 2.05) is 0 Å². The number of hydrogen-bond acceptors (Lipinski definition) is 6. The zero-order valence-electron chi connectivity index (χ0n) is 16.3. The molecule has 2 aliphatic rings. The molecule has 0 spiro atoms. The largest absolute Gasteiger partial charge is 0.444 e. The first kappa shape index (κ1) is 20.9. The topological polar surface area (TPSA) is 77.7 Å². The molecule has 0 N–H and O–H groups in total. The van der Waals surface area contributed by atoms with Crippen molar-refractivity contribution in [1.29, 1.82) is 0 Å². The van der Waals surface area contributed by atoms with Crippen LogP contribution in [0, 0.1) is 0 Å². The van der Waals surface area contributed by atoms with Crippen LogP contribution >= 0.6 is 0 Å². The summed E-state index contributed by atoms with van der Waals surface area (Å²) in [6, 6.07) is 0. The van der Waals surface area contributed by atoms with E-state index in [1.54, 1.807) is 20.8 Å². The van der Waals surface area contributed by atoms with E-state index >= 15 is 0 Å². The molecule has 0 radical (unpaired) electrons. The average Bonchev–Trinajstić information content (AvgIpc) is 3.10. The van der Waals surface area contributed by atoms with E-state index < -0.39 is 23.3 Å². The van der Waals surface area contributed by atoms with Crippen LogP contribution in [0.25, 0.3) is 0 Å². The number of likely N-dealkylation sites (tertiary alicyclic amines) is 1. The third kappa shape index (κ3) is 4.26. The highest BCUT2D eigenvalue weighted by atomic mass is 19.4. The van der Waals surface area contributed by atoms with E-state index in [4.69, 9.17) is 14.0 Å². The third-order valence-corrected chi connectivity index (χ3v) is 5.25. The van der Waals surface area contributed by atoms with Gasteiger partial charge in [0.05, 0.1) is 0 Å². The molecular weight excluding hydrogens is 379 g/mol. The monoisotopic (exact) mass is 405 g/mol. The van der Waals surface area contributed by atoms with E-state index in [2.05, 4.69) is 10.1 Å². The number of carbonyl (C=O) groups is 1. The predicted molar refractivity (Wildman–Crippen MR) is 91.9 cm³/mol. The second-order valence-electron chi connectivity index (χ2n) is 8.39. The number of alkyl halides is 3. The molecule has 2 fully saturated rings. The van der Waals surface area contributed by atoms with Crippen molar-refractivity contribution in [3.8, 4) is 0 Å². The maximum Gasteiger partial charge on any atom is 0.410 e. The van der Waals surface area contributed by atoms with Gasteiger partial charge >= 0.3 is 12.3 Å². The van der Waals surface area contributed by atoms with Crippen LogP contribution in [0.4, 0.5) is 18.0 Å². The van der Waals surface area contributed by atoms with E-state index in [9.17, 15) is 18.0 Å². The lowest BCUT2D eigenvalue weighted by molar-refractivity contribution is -0.205. The molecule has 1 aromatic rings. The quantitative estimate of drug-likeness (QED) is 0.745. The van der Waals surface area contributed by atoms with Gasteiger partial charge in [-0.15, -0.1) is 0 Å². The molecule has 0 aromatic carbocycles. The summed E-state index contributed by atoms with van der Waals surface area (Å²) in [5.41, 5.74) is -2.93. The molecule has 3 rings (SSSR count). The summed E-state index contributed by atoms with van der Waals surface area (Å²) in [6.07, 6.45) is -4.53. The molecule has 0 aliphatic carbocycles. The van der Waals surface area contributed by atoms with Crippen molar-refractivity contribution >= 4 is 6.09 Å². The molecule has 7 nitrogen and oxygen atoms in total. The smallest absolute Gasteiger partial charge is 0.410 e. The summed E-state index contributed by atoms with van der Waals surface area (Å²) in [5, 5.41) is 3.70. The molecule has 0 saturated carbocycles. The molecule has 158 valence electrons. The SMILES string of the molecule is CC(C)(C)OC(=O)N1CCC(c2noc(C3CCOCC3)n2)(C(F)(F)F)CC1. The molecule has 2 aliphatic heterocycles. The lowest BCUT2D eigenvalue weighted by Crippen LogP contribution is -2.53. The average molecular weight is 405 g/mol. The van der Waals surface area contributed by atoms with Crippen molar-refractivity contribution in [2.75, 3.05) is 26.3 Å². The molecule has 1 amide bonds. The molecule has 2 saturated heterocycles. The van der Waals surface area contributed by atoms with Crippen LogP contribution in [0.5, 0.6) is 0 Å². The number of rotatable bonds is 2. The minimum Gasteiger partial charge on any atom is -0.444 e. The van der Waals surface area contributed by atoms with E-state index in [-0.39, 0.29) is 43.6 Å². The van der Waals surface area contributed by atoms with Gasteiger partial charge in [-0.25, -0.2) is 4.79 Å². The molecule has 0 atom stereocenters. The van der Waals surface area contributed by atoms with Gasteiger partial charge in [0.15, 0.2) is 5.82 Å². The number of aromatic nitrogens is 2. The fourth-order valence-corrected chi connectivity index (χ4v) is 3.57. The van der Waals surface area contributed by atoms with Gasteiger partial charge in [0.25, 0.3) is 0 Å². The standard InChI is InChI=1S/C18H26F3N3O4/c1-16(2,3)27-15(25)24-8-6-17(7-9-24,18(19,20)21)14-22-13(28-23-14)12-4-10-26-11-5-12/h12H,4-11H2,1-3H3. The summed E-state index contributed by atoms with van der Waals surface area (Å²) in [6.45, 7) is 6.02. The summed E-state index contributed by atoms with van der Waals surface area (Å²) in [5.74, 6) is -0.191. The van der Waals surface area contributed by atoms with Crippen LogP contribution in [-0.4, -0.2) is 59.2 Å². The second-order valence-corrected chi connectivity index (χ2v) is 8.39. The van der Waals surface area contributed by atoms with Crippen molar-refractivity contribution < 1.29 is 32.0 Å². The van der Waals surface area contributed by atoms with Gasteiger partial charge in [0.1, 0.15) is 11.0 Å². The van der Waals surface area contributed by atoms with Gasteiger partial charge in [-0.05, 0) is 46.5 Å². The van der Waals surface area contributed by atoms with Gasteiger partial charge in [-0.2, -0.15) is 18.2 Å². The summed E-state index contributed by atoms with van der Waals surface area (Å²) >= 11 is 0. The van der Waals surface area contributed by atoms with Gasteiger partial charge < -0.3 is 18.9 Å². The maximum atomic E-state index is 14.1. The molecule has 10 heteroatoms. The molecular formula is C18H26F3N3O4. The minimum atomic E-state index is -4.55. The van der Waals surface area contributed by atoms with E-state index in [0.29, 0.717) is 26.1 Å². The van der Waals surface area contributed by atoms with Crippen LogP contribution in [0.15, 0.2) is 4.52 Å². The van der Waals surface area contributed by atoms with Crippen LogP contribution < -0.4 is 0 Å². The highest BCUT2D eigenvalue weighted by molar-refractivity contribution is 5.68. The zero-order valence-corrected chi connectivity index (χ0v) is 16.3. The Morgan fingerprint density at radius 2 is 1.79 bits per heavy atom. The van der Waals surface area contributed by atoms with Gasteiger partial charge in [0, 0.05) is 32.2 Å². The van der Waals surface area contributed by atoms with Crippen molar-refractivity contribution in [1.82, 2.24) is 15.0 Å². The molecule has 1 aromatic heterocycles. The zero-order chi connectivity index (χ0) is 20.6. The van der Waals surface area contributed by atoms with Gasteiger partial charge in [-0.3, -0.25) is 0 Å². The Hall–Kier alpha value is -1.84. The van der Waals surface area contributed by atoms with Crippen LogP contribution in [0.2, 0.25) is 0 Å². The molecule has 0 bridgehead atoms. The first-order valence-electron chi connectivity index (χ1n) is 9.48. The normalized spacial score (nSPS) is 21.6. The van der Waals surface area contributed by atoms with Crippen LogP contribution in [-0.2, 0) is 14.9 Å². The number of ether oxygens (including phenoxy) is 2. The number of piperidine rings is 1. The molecule has 28 heavy (non-hydrogen) atoms. The van der Waals surface area contributed by atoms with Crippen LogP contribution in [0.1, 0.15) is 64.1 Å². The van der Waals surface area contributed by atoms with Crippen molar-refractivity contribution in [2.45, 2.75) is 69.6 Å². The van der Waals surface area contributed by atoms with E-state index in [0.717, 1.165) is 0 Å². The van der Waals surface area contributed by atoms with Crippen LogP contribution in [0.3, 0.4) is 0 Å². The van der Waals surface area contributed by atoms with E-state index in [1.165, 1.54) is 4.90 Å². The first-order chi connectivity index (χ1) is 13.0. The lowest BCUT2D eigenvalue weighted by atomic mass is 9.77. The minimum absolute atomic E-state index is 0.0814. The fourth-order valence-electron chi connectivity index (χ4n) is 3.57. The number of hydrogen-bond donors (Lipinski definition) is 0. The first-order valence-corrected chi connectivity index (χ1v) is 9.48. The molecule has 0 unspecified atom stereocenters. The Bertz CT molecular complexity index is 685. The Labute approximate surface area is 161 Å². The third-order valence-electron chi connectivity index (χ3n) is 5.25. The second kappa shape index (κ2) is 7.53. The van der Waals surface area contributed by atoms with Crippen molar-refractivity contribution in [3.05, 3.63) is 11.7 Å². The number of halogens is 3. The number of amides is 1. The Morgan fingerprint density at radius 3 is 2.32 bits per heavy atom. The van der Waals surface area contributed by atoms with Crippen molar-refractivity contribution in [2.24, 2.45) is 0 Å². The Morgan fingerprint density at radius 1 is 1.18 bits per heavy atom. The van der Waals surface area contributed by atoms with Gasteiger partial charge in [-0.1, -0.05) is 5.16 Å². The number of nitrogens with zero attached hydrogens (tertiary/aromatic N) is 3.